The summed E-state index contributed by atoms with van der Waals surface area (Å²) in [5.41, 5.74) is 2.10. The Hall–Kier alpha value is -0.497. The van der Waals surface area contributed by atoms with Gasteiger partial charge in [0.25, 0.3) is 0 Å². The molecule has 0 heterocycles. The second-order valence-electron chi connectivity index (χ2n) is 3.86. The van der Waals surface area contributed by atoms with Crippen LogP contribution in [0.1, 0.15) is 6.42 Å². The molecule has 2 nitrogen and oxygen atoms in total. The van der Waals surface area contributed by atoms with E-state index in [2.05, 4.69) is 10.6 Å². The molecule has 0 aliphatic rings. The molecule has 0 amide bonds. The van der Waals surface area contributed by atoms with E-state index < -0.39 is 20.8 Å². The molecular formula is C15H16Cl2N2Zr. The fourth-order valence-electron chi connectivity index (χ4n) is 1.55. The number of para-hydroxylation sites is 2. The van der Waals surface area contributed by atoms with Crippen LogP contribution in [0.3, 0.4) is 0 Å². The Morgan fingerprint density at radius 2 is 1.05 bits per heavy atom. The molecule has 0 aromatic heterocycles. The fourth-order valence-corrected chi connectivity index (χ4v) is 1.55. The van der Waals surface area contributed by atoms with Crippen LogP contribution >= 0.6 is 17.0 Å². The van der Waals surface area contributed by atoms with Gasteiger partial charge in [0, 0.05) is 0 Å². The number of rotatable bonds is 6. The molecule has 0 radical (unpaired) electrons. The van der Waals surface area contributed by atoms with Gasteiger partial charge in [0.2, 0.25) is 0 Å². The minimum absolute atomic E-state index is 0.826. The van der Waals surface area contributed by atoms with Gasteiger partial charge in [-0.05, 0) is 0 Å². The van der Waals surface area contributed by atoms with Crippen molar-refractivity contribution in [3.63, 3.8) is 0 Å². The Morgan fingerprint density at radius 3 is 1.40 bits per heavy atom. The van der Waals surface area contributed by atoms with Crippen molar-refractivity contribution in [3.8, 4) is 0 Å². The Kier molecular flexibility index (Phi) is 10.8. The number of halogens is 2. The maximum absolute atomic E-state index is 4.93. The Morgan fingerprint density at radius 1 is 0.700 bits per heavy atom. The first-order valence-electron chi connectivity index (χ1n) is 6.28. The molecule has 2 aromatic carbocycles. The van der Waals surface area contributed by atoms with Gasteiger partial charge in [-0.25, -0.2) is 0 Å². The normalized spacial score (nSPS) is 8.90. The molecule has 104 valence electrons. The van der Waals surface area contributed by atoms with Crippen molar-refractivity contribution < 1.29 is 20.8 Å². The van der Waals surface area contributed by atoms with Crippen molar-refractivity contribution in [1.29, 1.82) is 0 Å². The standard InChI is InChI=1S/C15H16N2.2ClH.Zr/c1-3-8-14(9-4-1)16-12-7-13-17-15-10-5-2-6-11-15;;;/h1-6,8-11H,7,12-13H2;2*1H;/q-2;;;+4/p-2. The van der Waals surface area contributed by atoms with Crippen LogP contribution < -0.4 is 0 Å². The maximum atomic E-state index is 4.93. The summed E-state index contributed by atoms with van der Waals surface area (Å²) in [5, 5.41) is 8.95. The summed E-state index contributed by atoms with van der Waals surface area (Å²) in [4.78, 5) is 0. The topological polar surface area (TPSA) is 28.2 Å². The van der Waals surface area contributed by atoms with E-state index in [0.29, 0.717) is 0 Å². The first-order chi connectivity index (χ1) is 9.86. The molecule has 0 atom stereocenters. The molecular weight excluding hydrogens is 370 g/mol. The molecule has 0 saturated carbocycles. The molecule has 0 bridgehead atoms. The van der Waals surface area contributed by atoms with E-state index in [9.17, 15) is 0 Å². The van der Waals surface area contributed by atoms with Crippen LogP contribution in [0.15, 0.2) is 60.7 Å². The third-order valence-electron chi connectivity index (χ3n) is 2.42. The monoisotopic (exact) mass is 384 g/mol. The predicted molar refractivity (Wildman–Crippen MR) is 85.0 cm³/mol. The first-order valence-corrected chi connectivity index (χ1v) is 12.6. The third-order valence-corrected chi connectivity index (χ3v) is 2.42. The molecule has 0 saturated heterocycles. The number of hydrogen-bond donors (Lipinski definition) is 0. The zero-order valence-electron chi connectivity index (χ0n) is 11.0. The van der Waals surface area contributed by atoms with Gasteiger partial charge in [0.1, 0.15) is 0 Å². The number of nitrogens with zero attached hydrogens (tertiary/aromatic N) is 2. The van der Waals surface area contributed by atoms with Gasteiger partial charge < -0.3 is 10.6 Å². The van der Waals surface area contributed by atoms with Crippen molar-refractivity contribution >= 4 is 28.4 Å². The summed E-state index contributed by atoms with van der Waals surface area (Å²) in [7, 11) is 9.87. The van der Waals surface area contributed by atoms with Crippen LogP contribution in [0.25, 0.3) is 10.6 Å². The Bertz CT molecular complexity index is 399. The molecule has 5 heteroatoms. The summed E-state index contributed by atoms with van der Waals surface area (Å²) < 4.78 is 0. The zero-order chi connectivity index (χ0) is 14.5. The molecule has 0 unspecified atom stereocenters. The van der Waals surface area contributed by atoms with E-state index in [1.165, 1.54) is 0 Å². The van der Waals surface area contributed by atoms with E-state index in [1.807, 2.05) is 60.7 Å². The first kappa shape index (κ1) is 17.6. The second kappa shape index (κ2) is 12.3. The van der Waals surface area contributed by atoms with Crippen LogP contribution in [-0.4, -0.2) is 13.1 Å². The average molecular weight is 386 g/mol. The zero-order valence-corrected chi connectivity index (χ0v) is 15.0. The van der Waals surface area contributed by atoms with Gasteiger partial charge in [-0.3, -0.25) is 0 Å². The minimum Gasteiger partial charge on any atom is -0.684 e. The summed E-state index contributed by atoms with van der Waals surface area (Å²) in [6.07, 6.45) is 0.990. The van der Waals surface area contributed by atoms with Gasteiger partial charge in [-0.1, -0.05) is 67.1 Å². The van der Waals surface area contributed by atoms with Crippen LogP contribution in [0.4, 0.5) is 11.4 Å². The van der Waals surface area contributed by atoms with Gasteiger partial charge >= 0.3 is 37.9 Å². The molecule has 2 aromatic rings. The molecule has 2 rings (SSSR count). The molecule has 0 fully saturated rings. The fraction of sp³-hybridized carbons (Fsp3) is 0.200. The quantitative estimate of drug-likeness (QED) is 0.532. The smallest absolute Gasteiger partial charge is 0.0624 e. The van der Waals surface area contributed by atoms with E-state index >= 15 is 0 Å². The molecule has 0 aliphatic heterocycles. The summed E-state index contributed by atoms with van der Waals surface area (Å²) in [6, 6.07) is 20.1. The number of benzene rings is 2. The average Bonchev–Trinajstić information content (AvgIpc) is 2.50. The van der Waals surface area contributed by atoms with Crippen molar-refractivity contribution in [2.75, 3.05) is 13.1 Å². The van der Waals surface area contributed by atoms with Crippen LogP contribution in [0.2, 0.25) is 0 Å². The second-order valence-corrected chi connectivity index (χ2v) is 7.59. The van der Waals surface area contributed by atoms with Crippen molar-refractivity contribution in [2.24, 2.45) is 0 Å². The van der Waals surface area contributed by atoms with E-state index in [1.54, 1.807) is 0 Å². The number of hydrogen-bond acceptors (Lipinski definition) is 0. The predicted octanol–water partition coefficient (Wildman–Crippen LogP) is 6.16. The van der Waals surface area contributed by atoms with Gasteiger partial charge in [0.15, 0.2) is 0 Å². The van der Waals surface area contributed by atoms with Gasteiger partial charge in [0.05, 0.1) is 0 Å². The summed E-state index contributed by atoms with van der Waals surface area (Å²) in [5.74, 6) is 0. The van der Waals surface area contributed by atoms with Crippen LogP contribution in [-0.2, 0) is 20.8 Å². The summed E-state index contributed by atoms with van der Waals surface area (Å²) in [6.45, 7) is 1.67. The van der Waals surface area contributed by atoms with E-state index in [4.69, 9.17) is 17.0 Å². The Labute approximate surface area is 139 Å². The summed E-state index contributed by atoms with van der Waals surface area (Å²) >= 11 is -0.826. The molecule has 0 N–H and O–H groups in total. The molecule has 0 spiro atoms. The van der Waals surface area contributed by atoms with Crippen LogP contribution in [0, 0.1) is 0 Å². The molecule has 20 heavy (non-hydrogen) atoms. The minimum atomic E-state index is -0.826. The Balaban J connectivity index is 0.000000612. The van der Waals surface area contributed by atoms with Crippen molar-refractivity contribution in [2.45, 2.75) is 6.42 Å². The largest absolute Gasteiger partial charge is 0.684 e. The van der Waals surface area contributed by atoms with Gasteiger partial charge in [-0.2, -0.15) is 0 Å². The third kappa shape index (κ3) is 8.63. The SMILES string of the molecule is [Cl][Zr+2][Cl].c1ccc([N-]CCC[N-]c2ccccc2)cc1. The van der Waals surface area contributed by atoms with E-state index in [0.717, 1.165) is 30.9 Å². The van der Waals surface area contributed by atoms with Crippen molar-refractivity contribution in [1.82, 2.24) is 0 Å². The van der Waals surface area contributed by atoms with Gasteiger partial charge in [-0.15, -0.1) is 24.5 Å². The van der Waals surface area contributed by atoms with Crippen molar-refractivity contribution in [3.05, 3.63) is 71.3 Å². The molecule has 0 aliphatic carbocycles. The maximum Gasteiger partial charge on any atom is -0.0624 e. The van der Waals surface area contributed by atoms with E-state index in [-0.39, 0.29) is 0 Å². The van der Waals surface area contributed by atoms with Crippen LogP contribution in [0.5, 0.6) is 0 Å².